The number of imidazole rings is 1. The van der Waals surface area contributed by atoms with Gasteiger partial charge in [-0.2, -0.15) is 0 Å². The van der Waals surface area contributed by atoms with E-state index in [9.17, 15) is 0 Å². The van der Waals surface area contributed by atoms with Crippen molar-refractivity contribution in [2.24, 2.45) is 23.7 Å². The number of rotatable bonds is 3. The summed E-state index contributed by atoms with van der Waals surface area (Å²) in [5.74, 6) is 4.37. The van der Waals surface area contributed by atoms with Crippen LogP contribution in [0, 0.1) is 23.7 Å². The topological polar surface area (TPSA) is 17.8 Å². The number of fused-ring (bicyclic) bond motifs is 8. The van der Waals surface area contributed by atoms with Crippen molar-refractivity contribution in [3.8, 4) is 50.5 Å². The molecule has 0 radical (unpaired) electrons. The fourth-order valence-electron chi connectivity index (χ4n) is 12.6. The Morgan fingerprint density at radius 1 is 0.519 bits per heavy atom. The first-order chi connectivity index (χ1) is 25.5. The van der Waals surface area contributed by atoms with Gasteiger partial charge in [-0.15, -0.1) is 0 Å². The smallest absolute Gasteiger partial charge is 0.145 e. The Bertz CT molecular complexity index is 2570. The van der Waals surface area contributed by atoms with E-state index in [1.807, 2.05) is 0 Å². The van der Waals surface area contributed by atoms with E-state index >= 15 is 0 Å². The highest BCUT2D eigenvalue weighted by Crippen LogP contribution is 2.71. The molecule has 6 aliphatic rings. The van der Waals surface area contributed by atoms with Crippen LogP contribution in [0.4, 0.5) is 0 Å². The van der Waals surface area contributed by atoms with Crippen LogP contribution in [0.25, 0.3) is 61.5 Å². The number of hydrogen-bond acceptors (Lipinski definition) is 1. The van der Waals surface area contributed by atoms with E-state index < -0.39 is 0 Å². The minimum absolute atomic E-state index is 0.135. The van der Waals surface area contributed by atoms with Gasteiger partial charge in [0, 0.05) is 22.1 Å². The lowest BCUT2D eigenvalue weighted by atomic mass is 9.42. The minimum Gasteiger partial charge on any atom is -0.292 e. The van der Waals surface area contributed by atoms with Crippen molar-refractivity contribution < 1.29 is 0 Å². The minimum atomic E-state index is -0.135. The third kappa shape index (κ3) is 3.68. The van der Waals surface area contributed by atoms with E-state index in [0.717, 1.165) is 46.2 Å². The summed E-state index contributed by atoms with van der Waals surface area (Å²) in [5, 5.41) is 0. The number of hydrogen-bond donors (Lipinski definition) is 0. The molecule has 2 nitrogen and oxygen atoms in total. The summed E-state index contributed by atoms with van der Waals surface area (Å²) in [7, 11) is 0. The van der Waals surface area contributed by atoms with Crippen LogP contribution >= 0.6 is 0 Å². The quantitative estimate of drug-likeness (QED) is 0.183. The van der Waals surface area contributed by atoms with Crippen LogP contribution < -0.4 is 0 Å². The second kappa shape index (κ2) is 10.2. The average Bonchev–Trinajstić information content (AvgIpc) is 3.78. The third-order valence-corrected chi connectivity index (χ3v) is 14.4. The van der Waals surface area contributed by atoms with E-state index in [2.05, 4.69) is 152 Å². The van der Waals surface area contributed by atoms with Crippen molar-refractivity contribution in [2.45, 2.75) is 56.8 Å². The molecule has 4 bridgehead atoms. The Balaban J connectivity index is 1.03. The van der Waals surface area contributed by atoms with Crippen molar-refractivity contribution in [1.82, 2.24) is 9.55 Å². The van der Waals surface area contributed by atoms with Gasteiger partial charge in [0.25, 0.3) is 0 Å². The predicted molar refractivity (Wildman–Crippen MR) is 213 cm³/mol. The van der Waals surface area contributed by atoms with Gasteiger partial charge >= 0.3 is 0 Å². The highest BCUT2D eigenvalue weighted by atomic mass is 15.1. The lowest BCUT2D eigenvalue weighted by Crippen LogP contribution is -2.55. The molecule has 6 aromatic carbocycles. The van der Waals surface area contributed by atoms with Gasteiger partial charge < -0.3 is 0 Å². The van der Waals surface area contributed by atoms with Crippen LogP contribution in [0.5, 0.6) is 0 Å². The molecule has 0 atom stereocenters. The van der Waals surface area contributed by atoms with E-state index in [4.69, 9.17) is 4.98 Å². The monoisotopic (exact) mass is 670 g/mol. The Hall–Kier alpha value is -5.21. The number of para-hydroxylation sites is 2. The zero-order valence-corrected chi connectivity index (χ0v) is 29.9. The molecule has 0 amide bonds. The Labute approximate surface area is 306 Å². The van der Waals surface area contributed by atoms with E-state index in [1.54, 1.807) is 16.7 Å². The maximum atomic E-state index is 5.33. The van der Waals surface area contributed by atoms with Gasteiger partial charge in [0.15, 0.2) is 0 Å². The number of benzene rings is 6. The summed E-state index contributed by atoms with van der Waals surface area (Å²) in [6.45, 7) is 5.03. The molecule has 1 spiro atoms. The molecule has 4 saturated carbocycles. The molecule has 0 saturated heterocycles. The Morgan fingerprint density at radius 3 is 1.88 bits per heavy atom. The zero-order valence-electron chi connectivity index (χ0n) is 29.9. The van der Waals surface area contributed by atoms with Crippen LogP contribution in [0.15, 0.2) is 133 Å². The summed E-state index contributed by atoms with van der Waals surface area (Å²) in [4.78, 5) is 5.33. The second-order valence-electron chi connectivity index (χ2n) is 17.2. The normalized spacial score (nSPS) is 25.3. The van der Waals surface area contributed by atoms with Crippen molar-refractivity contribution in [1.29, 1.82) is 0 Å². The molecule has 1 aromatic heterocycles. The van der Waals surface area contributed by atoms with Gasteiger partial charge in [-0.25, -0.2) is 4.98 Å². The molecule has 6 aliphatic carbocycles. The first kappa shape index (κ1) is 29.4. The van der Waals surface area contributed by atoms with Crippen molar-refractivity contribution >= 4 is 11.0 Å². The molecule has 4 fully saturated rings. The van der Waals surface area contributed by atoms with Gasteiger partial charge in [-0.05, 0) is 142 Å². The summed E-state index contributed by atoms with van der Waals surface area (Å²) in [5.41, 5.74) is 19.2. The zero-order chi connectivity index (χ0) is 34.3. The molecule has 2 heteroatoms. The Morgan fingerprint density at radius 2 is 1.12 bits per heavy atom. The van der Waals surface area contributed by atoms with E-state index in [-0.39, 0.29) is 10.8 Å². The fraction of sp³-hybridized carbons (Fsp3) is 0.260. The van der Waals surface area contributed by atoms with Gasteiger partial charge in [0.2, 0.25) is 0 Å². The standard InChI is InChI=1S/C50H42N2/c1-49(2)43-29-34(48-51-44-14-8-9-15-45(44)52(48)37-19-16-33(17-20-37)32-10-4-3-5-11-32)18-21-39(43)40-22-23-41-38-12-6-7-13-42(38)50(47(41)46(40)49)35-25-30-24-31(27-35)28-36(50)26-30/h3-23,29-31,35-36H,24-28H2,1-2H3. The maximum absolute atomic E-state index is 5.33. The van der Waals surface area contributed by atoms with Crippen LogP contribution in [-0.4, -0.2) is 9.55 Å². The van der Waals surface area contributed by atoms with Gasteiger partial charge in [0.05, 0.1) is 11.0 Å². The first-order valence-electron chi connectivity index (χ1n) is 19.6. The molecular weight excluding hydrogens is 629 g/mol. The van der Waals surface area contributed by atoms with Crippen LogP contribution in [0.1, 0.15) is 68.2 Å². The molecule has 1 heterocycles. The van der Waals surface area contributed by atoms with Crippen molar-refractivity contribution in [3.05, 3.63) is 156 Å². The fourth-order valence-corrected chi connectivity index (χ4v) is 12.6. The highest BCUT2D eigenvalue weighted by Gasteiger charge is 2.63. The van der Waals surface area contributed by atoms with Crippen molar-refractivity contribution in [3.63, 3.8) is 0 Å². The second-order valence-corrected chi connectivity index (χ2v) is 17.2. The summed E-state index contributed by atoms with van der Waals surface area (Å²) < 4.78 is 2.36. The van der Waals surface area contributed by atoms with Crippen LogP contribution in [0.2, 0.25) is 0 Å². The molecule has 252 valence electrons. The molecule has 13 rings (SSSR count). The Kier molecular flexibility index (Phi) is 5.78. The van der Waals surface area contributed by atoms with Crippen molar-refractivity contribution in [2.75, 3.05) is 0 Å². The lowest BCUT2D eigenvalue weighted by molar-refractivity contribution is -0.0404. The highest BCUT2D eigenvalue weighted by molar-refractivity contribution is 5.93. The number of nitrogens with zero attached hydrogens (tertiary/aromatic N) is 2. The molecule has 52 heavy (non-hydrogen) atoms. The first-order valence-corrected chi connectivity index (χ1v) is 19.6. The lowest BCUT2D eigenvalue weighted by Gasteiger charge is -2.61. The van der Waals surface area contributed by atoms with Gasteiger partial charge in [-0.3, -0.25) is 4.57 Å². The third-order valence-electron chi connectivity index (χ3n) is 14.4. The molecule has 7 aromatic rings. The summed E-state index contributed by atoms with van der Waals surface area (Å²) >= 11 is 0. The maximum Gasteiger partial charge on any atom is 0.145 e. The summed E-state index contributed by atoms with van der Waals surface area (Å²) in [6, 6.07) is 50.0. The average molecular weight is 671 g/mol. The van der Waals surface area contributed by atoms with Crippen LogP contribution in [-0.2, 0) is 10.8 Å². The largest absolute Gasteiger partial charge is 0.292 e. The van der Waals surface area contributed by atoms with E-state index in [1.165, 1.54) is 76.6 Å². The van der Waals surface area contributed by atoms with Gasteiger partial charge in [0.1, 0.15) is 5.82 Å². The van der Waals surface area contributed by atoms with Gasteiger partial charge in [-0.1, -0.05) is 117 Å². The number of aromatic nitrogens is 2. The molecule has 0 aliphatic heterocycles. The molecule has 0 unspecified atom stereocenters. The summed E-state index contributed by atoms with van der Waals surface area (Å²) in [6.07, 6.45) is 7.11. The molecular formula is C50H42N2. The van der Waals surface area contributed by atoms with Crippen LogP contribution in [0.3, 0.4) is 0 Å². The predicted octanol–water partition coefficient (Wildman–Crippen LogP) is 12.4. The SMILES string of the molecule is CC1(C)c2cc(-c3nc4ccccc4n3-c3ccc(-c4ccccc4)cc3)ccc2-c2ccc3c(c21)C1(c2ccccc2-3)C2CC3CC(C2)CC1C3. The molecule has 0 N–H and O–H groups in total. The van der Waals surface area contributed by atoms with E-state index in [0.29, 0.717) is 0 Å².